The highest BCUT2D eigenvalue weighted by molar-refractivity contribution is 7.98. The van der Waals surface area contributed by atoms with Crippen molar-refractivity contribution in [1.82, 2.24) is 0 Å². The van der Waals surface area contributed by atoms with Crippen LogP contribution in [-0.4, -0.2) is 26.3 Å². The third-order valence-corrected chi connectivity index (χ3v) is 4.48. The molecule has 1 heterocycles. The van der Waals surface area contributed by atoms with Crippen molar-refractivity contribution in [2.45, 2.75) is 11.3 Å². The molecule has 1 aliphatic rings. The monoisotopic (exact) mass is 290 g/mol. The van der Waals surface area contributed by atoms with Crippen molar-refractivity contribution < 1.29 is 8.42 Å². The molecule has 1 N–H and O–H groups in total. The zero-order chi connectivity index (χ0) is 12.5. The van der Waals surface area contributed by atoms with Crippen LogP contribution in [0.5, 0.6) is 0 Å². The van der Waals surface area contributed by atoms with Gasteiger partial charge in [-0.25, -0.2) is 0 Å². The first-order chi connectivity index (χ1) is 8.03. The molecule has 0 spiro atoms. The van der Waals surface area contributed by atoms with Gasteiger partial charge < -0.3 is 5.32 Å². The summed E-state index contributed by atoms with van der Waals surface area (Å²) in [7, 11) is -3.61. The number of sulfonamides is 1. The SMILES string of the molecule is CSCCC1=NS(=O)(=O)c2cc(Cl)ccc2N1. The number of halogens is 1. The molecule has 0 fully saturated rings. The van der Waals surface area contributed by atoms with Gasteiger partial charge in [0.05, 0.1) is 5.69 Å². The Bertz CT molecular complexity index is 570. The van der Waals surface area contributed by atoms with Gasteiger partial charge in [-0.3, -0.25) is 0 Å². The van der Waals surface area contributed by atoms with Crippen molar-refractivity contribution in [1.29, 1.82) is 0 Å². The van der Waals surface area contributed by atoms with Crippen LogP contribution in [0.3, 0.4) is 0 Å². The van der Waals surface area contributed by atoms with E-state index in [1.807, 2.05) is 6.26 Å². The second-order valence-corrected chi connectivity index (χ2v) is 6.52. The molecule has 0 aliphatic carbocycles. The molecule has 17 heavy (non-hydrogen) atoms. The molecule has 0 bridgehead atoms. The van der Waals surface area contributed by atoms with E-state index >= 15 is 0 Å². The quantitative estimate of drug-likeness (QED) is 0.930. The third kappa shape index (κ3) is 2.75. The Morgan fingerprint density at radius 2 is 2.24 bits per heavy atom. The van der Waals surface area contributed by atoms with Crippen LogP contribution in [-0.2, 0) is 10.0 Å². The van der Waals surface area contributed by atoms with Gasteiger partial charge in [0, 0.05) is 17.2 Å². The van der Waals surface area contributed by atoms with Crippen molar-refractivity contribution in [2.75, 3.05) is 17.3 Å². The molecular weight excluding hydrogens is 280 g/mol. The zero-order valence-electron chi connectivity index (χ0n) is 9.10. The summed E-state index contributed by atoms with van der Waals surface area (Å²) in [4.78, 5) is 0.137. The Labute approximate surface area is 110 Å². The number of fused-ring (bicyclic) bond motifs is 1. The lowest BCUT2D eigenvalue weighted by molar-refractivity contribution is 0.597. The largest absolute Gasteiger partial charge is 0.342 e. The highest BCUT2D eigenvalue weighted by atomic mass is 35.5. The number of nitrogens with one attached hydrogen (secondary N) is 1. The van der Waals surface area contributed by atoms with Crippen LogP contribution >= 0.6 is 23.4 Å². The molecular formula is C10H11ClN2O2S2. The molecule has 0 saturated carbocycles. The predicted octanol–water partition coefficient (Wildman–Crippen LogP) is 2.61. The molecule has 1 aromatic rings. The summed E-state index contributed by atoms with van der Waals surface area (Å²) >= 11 is 7.42. The highest BCUT2D eigenvalue weighted by Crippen LogP contribution is 2.30. The van der Waals surface area contributed by atoms with E-state index in [9.17, 15) is 8.42 Å². The van der Waals surface area contributed by atoms with E-state index in [-0.39, 0.29) is 4.90 Å². The molecule has 0 atom stereocenters. The molecule has 7 heteroatoms. The number of hydrogen-bond donors (Lipinski definition) is 1. The van der Waals surface area contributed by atoms with Crippen LogP contribution in [0.2, 0.25) is 5.02 Å². The molecule has 4 nitrogen and oxygen atoms in total. The van der Waals surface area contributed by atoms with Gasteiger partial charge in [-0.15, -0.1) is 4.40 Å². The first kappa shape index (κ1) is 12.7. The normalized spacial score (nSPS) is 16.9. The molecule has 0 unspecified atom stereocenters. The Morgan fingerprint density at radius 3 is 2.94 bits per heavy atom. The van der Waals surface area contributed by atoms with Gasteiger partial charge >= 0.3 is 0 Å². The molecule has 1 aliphatic heterocycles. The van der Waals surface area contributed by atoms with Gasteiger partial charge in [0.25, 0.3) is 10.0 Å². The molecule has 0 aromatic heterocycles. The van der Waals surface area contributed by atoms with Crippen LogP contribution in [0.25, 0.3) is 0 Å². The standard InChI is InChI=1S/C10H11ClN2O2S2/c1-16-5-4-10-12-8-3-2-7(11)6-9(8)17(14,15)13-10/h2-3,6H,4-5H2,1H3,(H,12,13). The van der Waals surface area contributed by atoms with Crippen LogP contribution in [0.1, 0.15) is 6.42 Å². The maximum atomic E-state index is 11.9. The predicted molar refractivity (Wildman–Crippen MR) is 72.7 cm³/mol. The molecule has 92 valence electrons. The molecule has 1 aromatic carbocycles. The second-order valence-electron chi connectivity index (χ2n) is 3.52. The van der Waals surface area contributed by atoms with E-state index in [4.69, 9.17) is 11.6 Å². The Kier molecular flexibility index (Phi) is 3.65. The summed E-state index contributed by atoms with van der Waals surface area (Å²) in [5.74, 6) is 1.30. The average Bonchev–Trinajstić information content (AvgIpc) is 2.27. The Morgan fingerprint density at radius 1 is 1.47 bits per heavy atom. The summed E-state index contributed by atoms with van der Waals surface area (Å²) in [6.07, 6.45) is 2.56. The first-order valence-electron chi connectivity index (χ1n) is 4.92. The van der Waals surface area contributed by atoms with Crippen molar-refractivity contribution >= 4 is 44.9 Å². The van der Waals surface area contributed by atoms with Gasteiger partial charge in [0.15, 0.2) is 0 Å². The number of nitrogens with zero attached hydrogens (tertiary/aromatic N) is 1. The van der Waals surface area contributed by atoms with Crippen molar-refractivity contribution in [3.63, 3.8) is 0 Å². The third-order valence-electron chi connectivity index (χ3n) is 2.27. The number of anilines is 1. The topological polar surface area (TPSA) is 58.5 Å². The second kappa shape index (κ2) is 4.88. The summed E-state index contributed by atoms with van der Waals surface area (Å²) < 4.78 is 27.6. The highest BCUT2D eigenvalue weighted by Gasteiger charge is 2.24. The van der Waals surface area contributed by atoms with Crippen molar-refractivity contribution in [3.05, 3.63) is 23.2 Å². The average molecular weight is 291 g/mol. The van der Waals surface area contributed by atoms with Gasteiger partial charge in [-0.05, 0) is 24.5 Å². The number of hydrogen-bond acceptors (Lipinski definition) is 4. The Balaban J connectivity index is 2.40. The summed E-state index contributed by atoms with van der Waals surface area (Å²) in [5.41, 5.74) is 0.542. The van der Waals surface area contributed by atoms with Gasteiger partial charge in [0.1, 0.15) is 10.7 Å². The smallest absolute Gasteiger partial charge is 0.286 e. The van der Waals surface area contributed by atoms with E-state index in [0.29, 0.717) is 23.0 Å². The van der Waals surface area contributed by atoms with E-state index in [1.54, 1.807) is 23.9 Å². The summed E-state index contributed by atoms with van der Waals surface area (Å²) in [5, 5.41) is 3.40. The molecule has 0 radical (unpaired) electrons. The fourth-order valence-corrected chi connectivity index (χ4v) is 3.32. The summed E-state index contributed by atoms with van der Waals surface area (Å²) in [6.45, 7) is 0. The van der Waals surface area contributed by atoms with Gasteiger partial charge in [-0.1, -0.05) is 11.6 Å². The Hall–Kier alpha value is -0.720. The minimum atomic E-state index is -3.61. The fourth-order valence-electron chi connectivity index (χ4n) is 1.49. The lowest BCUT2D eigenvalue weighted by atomic mass is 10.3. The van der Waals surface area contributed by atoms with Crippen LogP contribution in [0, 0.1) is 0 Å². The van der Waals surface area contributed by atoms with Crippen LogP contribution in [0.15, 0.2) is 27.5 Å². The summed E-state index contributed by atoms with van der Waals surface area (Å²) in [6, 6.07) is 4.72. The number of rotatable bonds is 3. The number of thioether (sulfide) groups is 1. The van der Waals surface area contributed by atoms with Gasteiger partial charge in [-0.2, -0.15) is 20.2 Å². The minimum Gasteiger partial charge on any atom is -0.342 e. The van der Waals surface area contributed by atoms with Gasteiger partial charge in [0.2, 0.25) is 0 Å². The van der Waals surface area contributed by atoms with Crippen molar-refractivity contribution in [2.24, 2.45) is 4.40 Å². The maximum Gasteiger partial charge on any atom is 0.286 e. The van der Waals surface area contributed by atoms with E-state index in [2.05, 4.69) is 9.71 Å². The number of benzene rings is 1. The lowest BCUT2D eigenvalue weighted by Gasteiger charge is -2.18. The number of amidine groups is 1. The molecule has 0 saturated heterocycles. The van der Waals surface area contributed by atoms with E-state index < -0.39 is 10.0 Å². The lowest BCUT2D eigenvalue weighted by Crippen LogP contribution is -2.21. The first-order valence-corrected chi connectivity index (χ1v) is 8.13. The molecule has 2 rings (SSSR count). The van der Waals surface area contributed by atoms with E-state index in [1.165, 1.54) is 6.07 Å². The molecule has 0 amide bonds. The van der Waals surface area contributed by atoms with E-state index in [0.717, 1.165) is 5.75 Å². The zero-order valence-corrected chi connectivity index (χ0v) is 11.5. The fraction of sp³-hybridized carbons (Fsp3) is 0.300. The van der Waals surface area contributed by atoms with Crippen LogP contribution < -0.4 is 5.32 Å². The van der Waals surface area contributed by atoms with Crippen molar-refractivity contribution in [3.8, 4) is 0 Å². The van der Waals surface area contributed by atoms with Crippen LogP contribution in [0.4, 0.5) is 5.69 Å². The maximum absolute atomic E-state index is 11.9. The minimum absolute atomic E-state index is 0.137.